The van der Waals surface area contributed by atoms with Gasteiger partial charge < -0.3 is 4.90 Å². The van der Waals surface area contributed by atoms with Crippen molar-refractivity contribution < 1.29 is 13.2 Å². The number of fused-ring (bicyclic) bond motifs is 1. The second kappa shape index (κ2) is 6.73. The maximum absolute atomic E-state index is 12.6. The molecule has 1 aliphatic heterocycles. The van der Waals surface area contributed by atoms with Crippen molar-refractivity contribution in [3.8, 4) is 0 Å². The highest BCUT2D eigenvalue weighted by Gasteiger charge is 2.30. The summed E-state index contributed by atoms with van der Waals surface area (Å²) in [5.74, 6) is -0.367. The number of hydrogen-bond donors (Lipinski definition) is 0. The van der Waals surface area contributed by atoms with Gasteiger partial charge in [0.15, 0.2) is 9.84 Å². The highest BCUT2D eigenvalue weighted by molar-refractivity contribution is 7.90. The largest absolute Gasteiger partial charge is 0.309 e. The fourth-order valence-corrected chi connectivity index (χ4v) is 4.43. The van der Waals surface area contributed by atoms with Crippen molar-refractivity contribution in [3.05, 3.63) is 59.9 Å². The average molecular weight is 344 g/mol. The van der Waals surface area contributed by atoms with Crippen LogP contribution in [0.2, 0.25) is 0 Å². The zero-order chi connectivity index (χ0) is 17.2. The first-order valence-corrected chi connectivity index (χ1v) is 9.78. The molecule has 0 aliphatic carbocycles. The van der Waals surface area contributed by atoms with Crippen LogP contribution in [0.25, 0.3) is 0 Å². The van der Waals surface area contributed by atoms with E-state index >= 15 is 0 Å². The Bertz CT molecular complexity index is 834. The van der Waals surface area contributed by atoms with Crippen molar-refractivity contribution in [2.75, 3.05) is 10.7 Å². The van der Waals surface area contributed by atoms with Crippen LogP contribution in [0.3, 0.4) is 0 Å². The number of para-hydroxylation sites is 1. The van der Waals surface area contributed by atoms with Gasteiger partial charge in [-0.1, -0.05) is 24.3 Å². The smallest absolute Gasteiger partial charge is 0.228 e. The second-order valence-electron chi connectivity index (χ2n) is 6.15. The van der Waals surface area contributed by atoms with Crippen LogP contribution in [0.4, 0.5) is 5.69 Å². The lowest BCUT2D eigenvalue weighted by molar-refractivity contribution is -0.118. The molecular weight excluding hydrogens is 324 g/mol. The third-order valence-electron chi connectivity index (χ3n) is 4.21. The van der Waals surface area contributed by atoms with E-state index in [1.54, 1.807) is 23.2 Å². The molecule has 1 atom stereocenters. The van der Waals surface area contributed by atoms with Gasteiger partial charge in [0.1, 0.15) is 0 Å². The SMILES string of the molecule is CC1Cc2ccccc2N1C(=O)CCS(=O)(=O)Cc1cccnc1. The Morgan fingerprint density at radius 3 is 2.79 bits per heavy atom. The van der Waals surface area contributed by atoms with E-state index in [-0.39, 0.29) is 29.9 Å². The Balaban J connectivity index is 1.65. The van der Waals surface area contributed by atoms with E-state index in [9.17, 15) is 13.2 Å². The van der Waals surface area contributed by atoms with Gasteiger partial charge in [0, 0.05) is 30.5 Å². The number of pyridine rings is 1. The summed E-state index contributed by atoms with van der Waals surface area (Å²) >= 11 is 0. The predicted octanol–water partition coefficient (Wildman–Crippen LogP) is 2.36. The fourth-order valence-electron chi connectivity index (χ4n) is 3.12. The lowest BCUT2D eigenvalue weighted by Gasteiger charge is -2.22. The number of hydrogen-bond acceptors (Lipinski definition) is 4. The van der Waals surface area contributed by atoms with Crippen LogP contribution in [-0.2, 0) is 26.8 Å². The van der Waals surface area contributed by atoms with E-state index in [1.807, 2.05) is 31.2 Å². The van der Waals surface area contributed by atoms with Crippen molar-refractivity contribution in [3.63, 3.8) is 0 Å². The van der Waals surface area contributed by atoms with Gasteiger partial charge in [-0.15, -0.1) is 0 Å². The van der Waals surface area contributed by atoms with Gasteiger partial charge in [-0.3, -0.25) is 9.78 Å². The molecule has 5 nitrogen and oxygen atoms in total. The minimum Gasteiger partial charge on any atom is -0.309 e. The lowest BCUT2D eigenvalue weighted by Crippen LogP contribution is -2.36. The number of carbonyl (C=O) groups is 1. The van der Waals surface area contributed by atoms with Crippen LogP contribution in [0, 0.1) is 0 Å². The molecule has 24 heavy (non-hydrogen) atoms. The molecular formula is C18H20N2O3S. The summed E-state index contributed by atoms with van der Waals surface area (Å²) in [5.41, 5.74) is 2.68. The van der Waals surface area contributed by atoms with Crippen LogP contribution in [0.5, 0.6) is 0 Å². The molecule has 2 heterocycles. The summed E-state index contributed by atoms with van der Waals surface area (Å²) in [6.45, 7) is 1.99. The van der Waals surface area contributed by atoms with Crippen LogP contribution in [-0.4, -0.2) is 31.1 Å². The van der Waals surface area contributed by atoms with E-state index < -0.39 is 9.84 Å². The molecule has 0 N–H and O–H groups in total. The molecule has 1 unspecified atom stereocenters. The number of sulfone groups is 1. The monoisotopic (exact) mass is 344 g/mol. The van der Waals surface area contributed by atoms with Crippen molar-refractivity contribution in [2.24, 2.45) is 0 Å². The standard InChI is InChI=1S/C18H20N2O3S/c1-14-11-16-6-2-3-7-17(16)20(14)18(21)8-10-24(22,23)13-15-5-4-9-19-12-15/h2-7,9,12,14H,8,10-11,13H2,1H3. The topological polar surface area (TPSA) is 67.3 Å². The van der Waals surface area contributed by atoms with Crippen LogP contribution in [0.15, 0.2) is 48.8 Å². The van der Waals surface area contributed by atoms with Gasteiger partial charge in [0.2, 0.25) is 5.91 Å². The number of rotatable bonds is 5. The number of aromatic nitrogens is 1. The molecule has 0 bridgehead atoms. The molecule has 1 aromatic heterocycles. The first kappa shape index (κ1) is 16.6. The number of nitrogens with zero attached hydrogens (tertiary/aromatic N) is 2. The van der Waals surface area contributed by atoms with E-state index in [1.165, 1.54) is 6.20 Å². The van der Waals surface area contributed by atoms with Gasteiger partial charge in [0.25, 0.3) is 0 Å². The Kier molecular flexibility index (Phi) is 4.66. The summed E-state index contributed by atoms with van der Waals surface area (Å²) in [6.07, 6.45) is 3.95. The summed E-state index contributed by atoms with van der Waals surface area (Å²) in [4.78, 5) is 18.2. The first-order chi connectivity index (χ1) is 11.5. The molecule has 2 aromatic rings. The number of anilines is 1. The molecule has 0 saturated carbocycles. The highest BCUT2D eigenvalue weighted by Crippen LogP contribution is 2.32. The molecule has 0 radical (unpaired) electrons. The van der Waals surface area contributed by atoms with Gasteiger partial charge in [-0.2, -0.15) is 0 Å². The second-order valence-corrected chi connectivity index (χ2v) is 8.33. The normalized spacial score (nSPS) is 16.9. The molecule has 6 heteroatoms. The zero-order valence-corrected chi connectivity index (χ0v) is 14.4. The molecule has 126 valence electrons. The summed E-state index contributed by atoms with van der Waals surface area (Å²) < 4.78 is 24.5. The highest BCUT2D eigenvalue weighted by atomic mass is 32.2. The number of carbonyl (C=O) groups excluding carboxylic acids is 1. The summed E-state index contributed by atoms with van der Waals surface area (Å²) in [7, 11) is -3.34. The third kappa shape index (κ3) is 3.64. The molecule has 0 spiro atoms. The van der Waals surface area contributed by atoms with Gasteiger partial charge in [-0.05, 0) is 36.6 Å². The minimum atomic E-state index is -3.34. The Labute approximate surface area is 142 Å². The molecule has 0 fully saturated rings. The van der Waals surface area contributed by atoms with E-state index in [2.05, 4.69) is 4.98 Å². The van der Waals surface area contributed by atoms with E-state index in [4.69, 9.17) is 0 Å². The molecule has 1 aliphatic rings. The van der Waals surface area contributed by atoms with Crippen molar-refractivity contribution in [1.82, 2.24) is 4.98 Å². The van der Waals surface area contributed by atoms with Crippen LogP contribution in [0.1, 0.15) is 24.5 Å². The van der Waals surface area contributed by atoms with Gasteiger partial charge in [-0.25, -0.2) is 8.42 Å². The first-order valence-electron chi connectivity index (χ1n) is 7.95. The van der Waals surface area contributed by atoms with Crippen LogP contribution < -0.4 is 4.90 Å². The van der Waals surface area contributed by atoms with Gasteiger partial charge >= 0.3 is 0 Å². The van der Waals surface area contributed by atoms with Gasteiger partial charge in [0.05, 0.1) is 11.5 Å². The van der Waals surface area contributed by atoms with Crippen molar-refractivity contribution >= 4 is 21.4 Å². The minimum absolute atomic E-state index is 0.00126. The maximum Gasteiger partial charge on any atom is 0.228 e. The Hall–Kier alpha value is -2.21. The molecule has 3 rings (SSSR count). The quantitative estimate of drug-likeness (QED) is 0.835. The Morgan fingerprint density at radius 1 is 1.25 bits per heavy atom. The summed E-state index contributed by atoms with van der Waals surface area (Å²) in [6, 6.07) is 11.3. The van der Waals surface area contributed by atoms with Crippen molar-refractivity contribution in [2.45, 2.75) is 31.6 Å². The molecule has 0 saturated heterocycles. The number of benzene rings is 1. The fraction of sp³-hybridized carbons (Fsp3) is 0.333. The van der Waals surface area contributed by atoms with Crippen molar-refractivity contribution in [1.29, 1.82) is 0 Å². The third-order valence-corrected chi connectivity index (χ3v) is 5.81. The lowest BCUT2D eigenvalue weighted by atomic mass is 10.1. The maximum atomic E-state index is 12.6. The summed E-state index contributed by atoms with van der Waals surface area (Å²) in [5, 5.41) is 0. The number of amides is 1. The predicted molar refractivity (Wildman–Crippen MR) is 93.4 cm³/mol. The molecule has 1 aromatic carbocycles. The van der Waals surface area contributed by atoms with E-state index in [0.29, 0.717) is 5.56 Å². The zero-order valence-electron chi connectivity index (χ0n) is 13.6. The Morgan fingerprint density at radius 2 is 2.04 bits per heavy atom. The van der Waals surface area contributed by atoms with Crippen LogP contribution >= 0.6 is 0 Å². The van der Waals surface area contributed by atoms with E-state index in [0.717, 1.165) is 17.7 Å². The average Bonchev–Trinajstić information content (AvgIpc) is 2.89. The molecule has 1 amide bonds.